The van der Waals surface area contributed by atoms with Crippen LogP contribution in [0.5, 0.6) is 0 Å². The molecule has 90 valence electrons. The average molecular weight is 232 g/mol. The molecule has 15 heavy (non-hydrogen) atoms. The predicted molar refractivity (Wildman–Crippen MR) is 68.6 cm³/mol. The largest absolute Gasteiger partial charge is 0.317 e. The summed E-state index contributed by atoms with van der Waals surface area (Å²) >= 11 is 0. The summed E-state index contributed by atoms with van der Waals surface area (Å²) in [5, 5.41) is 3.47. The summed E-state index contributed by atoms with van der Waals surface area (Å²) in [6.45, 7) is 7.41. The van der Waals surface area contributed by atoms with Gasteiger partial charge in [-0.3, -0.25) is 0 Å². The van der Waals surface area contributed by atoms with Crippen LogP contribution in [0.1, 0.15) is 52.4 Å². The van der Waals surface area contributed by atoms with Crippen molar-refractivity contribution in [1.29, 1.82) is 0 Å². The maximum Gasteiger partial charge on any atom is -0.00462 e. The van der Waals surface area contributed by atoms with Gasteiger partial charge in [-0.15, -0.1) is 12.4 Å². The highest BCUT2D eigenvalue weighted by Crippen LogP contribution is 2.42. The smallest absolute Gasteiger partial charge is 0.00462 e. The van der Waals surface area contributed by atoms with Crippen molar-refractivity contribution in [2.45, 2.75) is 52.4 Å². The van der Waals surface area contributed by atoms with E-state index in [2.05, 4.69) is 19.2 Å². The quantitative estimate of drug-likeness (QED) is 0.727. The van der Waals surface area contributed by atoms with Gasteiger partial charge in [-0.2, -0.15) is 0 Å². The summed E-state index contributed by atoms with van der Waals surface area (Å²) in [6.07, 6.45) is 8.79. The first-order valence-electron chi connectivity index (χ1n) is 6.38. The van der Waals surface area contributed by atoms with Crippen LogP contribution in [0.2, 0.25) is 0 Å². The lowest BCUT2D eigenvalue weighted by atomic mass is 9.68. The van der Waals surface area contributed by atoms with Crippen LogP contribution in [0.4, 0.5) is 0 Å². The molecule has 0 atom stereocenters. The third-order valence-corrected chi connectivity index (χ3v) is 4.43. The van der Waals surface area contributed by atoms with Gasteiger partial charge in [0.1, 0.15) is 0 Å². The summed E-state index contributed by atoms with van der Waals surface area (Å²) in [5.41, 5.74) is 0.642. The maximum absolute atomic E-state index is 3.47. The number of rotatable bonds is 1. The van der Waals surface area contributed by atoms with E-state index < -0.39 is 0 Å². The SMILES string of the molecule is CC1(C)CCC(C2CCNCC2)CC1.Cl. The second kappa shape index (κ2) is 5.54. The van der Waals surface area contributed by atoms with Crippen LogP contribution < -0.4 is 5.32 Å². The Morgan fingerprint density at radius 3 is 1.87 bits per heavy atom. The Kier molecular flexibility index (Phi) is 4.92. The summed E-state index contributed by atoms with van der Waals surface area (Å²) in [7, 11) is 0. The predicted octanol–water partition coefficient (Wildman–Crippen LogP) is 3.62. The van der Waals surface area contributed by atoms with Crippen LogP contribution in [0.3, 0.4) is 0 Å². The normalized spacial score (nSPS) is 28.4. The van der Waals surface area contributed by atoms with E-state index >= 15 is 0 Å². The fraction of sp³-hybridized carbons (Fsp3) is 1.00. The molecule has 1 saturated heterocycles. The Bertz CT molecular complexity index is 175. The molecule has 2 fully saturated rings. The zero-order chi connectivity index (χ0) is 10.0. The van der Waals surface area contributed by atoms with Crippen LogP contribution in [0, 0.1) is 17.3 Å². The highest BCUT2D eigenvalue weighted by Gasteiger charge is 2.31. The number of hydrogen-bond donors (Lipinski definition) is 1. The molecule has 2 aliphatic rings. The van der Waals surface area contributed by atoms with Crippen LogP contribution in [0.25, 0.3) is 0 Å². The van der Waals surface area contributed by atoms with Gasteiger partial charge in [0.05, 0.1) is 0 Å². The second-order valence-corrected chi connectivity index (χ2v) is 6.09. The van der Waals surface area contributed by atoms with Gasteiger partial charge < -0.3 is 5.32 Å². The average Bonchev–Trinajstić information content (AvgIpc) is 2.19. The molecule has 1 saturated carbocycles. The molecule has 2 heteroatoms. The van der Waals surface area contributed by atoms with Crippen molar-refractivity contribution in [3.63, 3.8) is 0 Å². The summed E-state index contributed by atoms with van der Waals surface area (Å²) < 4.78 is 0. The molecule has 0 radical (unpaired) electrons. The van der Waals surface area contributed by atoms with Gasteiger partial charge in [0, 0.05) is 0 Å². The van der Waals surface area contributed by atoms with Crippen molar-refractivity contribution in [2.75, 3.05) is 13.1 Å². The molecule has 0 spiro atoms. The zero-order valence-corrected chi connectivity index (χ0v) is 11.0. The van der Waals surface area contributed by atoms with E-state index in [4.69, 9.17) is 0 Å². The monoisotopic (exact) mass is 231 g/mol. The van der Waals surface area contributed by atoms with Gasteiger partial charge in [-0.1, -0.05) is 13.8 Å². The van der Waals surface area contributed by atoms with Gasteiger partial charge in [0.2, 0.25) is 0 Å². The second-order valence-electron chi connectivity index (χ2n) is 6.09. The van der Waals surface area contributed by atoms with Crippen LogP contribution in [-0.4, -0.2) is 13.1 Å². The molecule has 0 amide bonds. The third-order valence-electron chi connectivity index (χ3n) is 4.43. The number of halogens is 1. The highest BCUT2D eigenvalue weighted by atomic mass is 35.5. The molecule has 1 heterocycles. The topological polar surface area (TPSA) is 12.0 Å². The van der Waals surface area contributed by atoms with E-state index in [-0.39, 0.29) is 12.4 Å². The minimum Gasteiger partial charge on any atom is -0.317 e. The van der Waals surface area contributed by atoms with Crippen molar-refractivity contribution in [3.05, 3.63) is 0 Å². The molecule has 0 unspecified atom stereocenters. The van der Waals surface area contributed by atoms with Crippen LogP contribution >= 0.6 is 12.4 Å². The van der Waals surface area contributed by atoms with Crippen LogP contribution in [0.15, 0.2) is 0 Å². The van der Waals surface area contributed by atoms with E-state index in [9.17, 15) is 0 Å². The van der Waals surface area contributed by atoms with E-state index in [1.807, 2.05) is 0 Å². The molecule has 0 bridgehead atoms. The molecular weight excluding hydrogens is 206 g/mol. The van der Waals surface area contributed by atoms with Crippen molar-refractivity contribution in [3.8, 4) is 0 Å². The number of nitrogens with one attached hydrogen (secondary N) is 1. The zero-order valence-electron chi connectivity index (χ0n) is 10.2. The van der Waals surface area contributed by atoms with Gasteiger partial charge in [0.15, 0.2) is 0 Å². The maximum atomic E-state index is 3.47. The van der Waals surface area contributed by atoms with Gasteiger partial charge in [0.25, 0.3) is 0 Å². The minimum absolute atomic E-state index is 0. The Balaban J connectivity index is 0.00000112. The summed E-state index contributed by atoms with van der Waals surface area (Å²) in [4.78, 5) is 0. The van der Waals surface area contributed by atoms with Crippen LogP contribution in [-0.2, 0) is 0 Å². The molecule has 1 nitrogen and oxygen atoms in total. The van der Waals surface area contributed by atoms with E-state index in [0.717, 1.165) is 11.8 Å². The minimum atomic E-state index is 0. The molecular formula is C13H26ClN. The molecule has 1 aliphatic heterocycles. The molecule has 1 aliphatic carbocycles. The lowest BCUT2D eigenvalue weighted by Crippen LogP contribution is -2.34. The Morgan fingerprint density at radius 2 is 1.33 bits per heavy atom. The van der Waals surface area contributed by atoms with Gasteiger partial charge >= 0.3 is 0 Å². The Hall–Kier alpha value is 0.250. The van der Waals surface area contributed by atoms with Crippen molar-refractivity contribution >= 4 is 12.4 Å². The molecule has 0 aromatic rings. The first kappa shape index (κ1) is 13.3. The first-order chi connectivity index (χ1) is 6.67. The van der Waals surface area contributed by atoms with E-state index in [1.165, 1.54) is 51.6 Å². The van der Waals surface area contributed by atoms with Gasteiger partial charge in [-0.25, -0.2) is 0 Å². The number of piperidine rings is 1. The summed E-state index contributed by atoms with van der Waals surface area (Å²) in [5.74, 6) is 2.11. The highest BCUT2D eigenvalue weighted by molar-refractivity contribution is 5.85. The molecule has 0 aromatic carbocycles. The van der Waals surface area contributed by atoms with Crippen molar-refractivity contribution in [1.82, 2.24) is 5.32 Å². The Labute approximate surface area is 101 Å². The van der Waals surface area contributed by atoms with E-state index in [1.54, 1.807) is 0 Å². The fourth-order valence-corrected chi connectivity index (χ4v) is 3.21. The standard InChI is InChI=1S/C13H25N.ClH/c1-13(2)7-3-11(4-8-13)12-5-9-14-10-6-12;/h11-12,14H,3-10H2,1-2H3;1H. The molecule has 0 aromatic heterocycles. The third kappa shape index (κ3) is 3.64. The lowest BCUT2D eigenvalue weighted by molar-refractivity contribution is 0.131. The fourth-order valence-electron chi connectivity index (χ4n) is 3.21. The molecule has 2 rings (SSSR count). The van der Waals surface area contributed by atoms with Crippen molar-refractivity contribution < 1.29 is 0 Å². The van der Waals surface area contributed by atoms with Crippen molar-refractivity contribution in [2.24, 2.45) is 17.3 Å². The first-order valence-corrected chi connectivity index (χ1v) is 6.38. The van der Waals surface area contributed by atoms with E-state index in [0.29, 0.717) is 5.41 Å². The number of hydrogen-bond acceptors (Lipinski definition) is 1. The lowest BCUT2D eigenvalue weighted by Gasteiger charge is -2.39. The summed E-state index contributed by atoms with van der Waals surface area (Å²) in [6, 6.07) is 0. The Morgan fingerprint density at radius 1 is 0.867 bits per heavy atom. The van der Waals surface area contributed by atoms with Gasteiger partial charge in [-0.05, 0) is 68.9 Å². The molecule has 1 N–H and O–H groups in total.